The molecule has 9 heteroatoms. The average Bonchev–Trinajstić information content (AvgIpc) is 3.32. The zero-order valence-corrected chi connectivity index (χ0v) is 16.2. The van der Waals surface area contributed by atoms with Crippen molar-refractivity contribution in [2.24, 2.45) is 0 Å². The lowest BCUT2D eigenvalue weighted by molar-refractivity contribution is 0.194. The number of carbonyl (C=O) groups excluding carboxylic acids is 1. The quantitative estimate of drug-likeness (QED) is 0.710. The molecule has 1 aliphatic heterocycles. The first-order valence-corrected chi connectivity index (χ1v) is 9.44. The van der Waals surface area contributed by atoms with Crippen LogP contribution in [-0.4, -0.2) is 63.7 Å². The second-order valence-electron chi connectivity index (χ2n) is 6.64. The number of piperazine rings is 1. The Hall–Kier alpha value is -3.62. The summed E-state index contributed by atoms with van der Waals surface area (Å²) in [5.41, 5.74) is 0.929. The highest BCUT2D eigenvalue weighted by molar-refractivity contribution is 5.74. The number of ether oxygens (including phenoxy) is 1. The first-order chi connectivity index (χ1) is 14.2. The molecule has 1 N–H and O–H groups in total. The second kappa shape index (κ2) is 8.59. The van der Waals surface area contributed by atoms with Crippen molar-refractivity contribution in [3.63, 3.8) is 0 Å². The summed E-state index contributed by atoms with van der Waals surface area (Å²) >= 11 is 0. The number of methoxy groups -OCH3 is 1. The molecule has 1 fully saturated rings. The number of amides is 2. The lowest BCUT2D eigenvalue weighted by Crippen LogP contribution is -2.51. The van der Waals surface area contributed by atoms with Crippen molar-refractivity contribution in [2.75, 3.05) is 38.2 Å². The molecule has 3 aromatic rings. The number of hydrogen-bond donors (Lipinski definition) is 1. The Morgan fingerprint density at radius 1 is 1.14 bits per heavy atom. The molecule has 0 aliphatic carbocycles. The van der Waals surface area contributed by atoms with E-state index < -0.39 is 0 Å². The van der Waals surface area contributed by atoms with Crippen LogP contribution in [-0.2, 0) is 6.54 Å². The second-order valence-corrected chi connectivity index (χ2v) is 6.64. The number of anilines is 1. The molecular formula is C20H23N7O2. The normalized spacial score (nSPS) is 14.0. The van der Waals surface area contributed by atoms with Crippen LogP contribution in [0.2, 0.25) is 0 Å². The monoisotopic (exact) mass is 393 g/mol. The van der Waals surface area contributed by atoms with E-state index in [1.165, 1.54) is 0 Å². The maximum atomic E-state index is 12.6. The van der Waals surface area contributed by atoms with Crippen molar-refractivity contribution in [3.8, 4) is 11.6 Å². The number of imidazole rings is 1. The van der Waals surface area contributed by atoms with Crippen LogP contribution in [0.1, 0.15) is 5.56 Å². The van der Waals surface area contributed by atoms with Crippen LogP contribution < -0.4 is 15.0 Å². The SMILES string of the molecule is COc1ccnc(N2CCN(C(=O)NCc3cccnc3-n3ccnc3)CC2)c1. The Balaban J connectivity index is 1.33. The summed E-state index contributed by atoms with van der Waals surface area (Å²) in [5, 5.41) is 3.00. The van der Waals surface area contributed by atoms with Gasteiger partial charge in [0.05, 0.1) is 7.11 Å². The summed E-state index contributed by atoms with van der Waals surface area (Å²) in [6.07, 6.45) is 8.69. The number of urea groups is 1. The van der Waals surface area contributed by atoms with Gasteiger partial charge in [0, 0.05) is 69.1 Å². The molecule has 1 saturated heterocycles. The van der Waals surface area contributed by atoms with Crippen LogP contribution in [0.25, 0.3) is 5.82 Å². The predicted octanol–water partition coefficient (Wildman–Crippen LogP) is 1.70. The molecule has 4 heterocycles. The van der Waals surface area contributed by atoms with Crippen LogP contribution >= 0.6 is 0 Å². The Labute approximate surface area is 169 Å². The number of nitrogens with one attached hydrogen (secondary N) is 1. The molecule has 2 amide bonds. The summed E-state index contributed by atoms with van der Waals surface area (Å²) in [6, 6.07) is 7.47. The molecule has 3 aromatic heterocycles. The van der Waals surface area contributed by atoms with Crippen LogP contribution in [0.3, 0.4) is 0 Å². The minimum atomic E-state index is -0.0799. The molecule has 4 rings (SSSR count). The minimum Gasteiger partial charge on any atom is -0.497 e. The first kappa shape index (κ1) is 18.7. The zero-order valence-electron chi connectivity index (χ0n) is 16.2. The zero-order chi connectivity index (χ0) is 20.1. The highest BCUT2D eigenvalue weighted by atomic mass is 16.5. The number of hydrogen-bond acceptors (Lipinski definition) is 6. The molecule has 0 atom stereocenters. The van der Waals surface area contributed by atoms with E-state index in [2.05, 4.69) is 25.2 Å². The Kier molecular flexibility index (Phi) is 5.55. The fourth-order valence-electron chi connectivity index (χ4n) is 3.31. The minimum absolute atomic E-state index is 0.0799. The third-order valence-electron chi connectivity index (χ3n) is 4.89. The molecule has 9 nitrogen and oxygen atoms in total. The van der Waals surface area contributed by atoms with Crippen LogP contribution in [0.5, 0.6) is 5.75 Å². The largest absolute Gasteiger partial charge is 0.497 e. The van der Waals surface area contributed by atoms with Gasteiger partial charge in [-0.1, -0.05) is 6.07 Å². The van der Waals surface area contributed by atoms with Gasteiger partial charge in [-0.2, -0.15) is 0 Å². The number of nitrogens with zero attached hydrogens (tertiary/aromatic N) is 6. The van der Waals surface area contributed by atoms with E-state index in [1.807, 2.05) is 39.9 Å². The van der Waals surface area contributed by atoms with E-state index in [1.54, 1.807) is 32.0 Å². The molecule has 0 bridgehead atoms. The fraction of sp³-hybridized carbons (Fsp3) is 0.300. The summed E-state index contributed by atoms with van der Waals surface area (Å²) < 4.78 is 7.10. The van der Waals surface area contributed by atoms with Crippen molar-refractivity contribution in [3.05, 3.63) is 60.9 Å². The van der Waals surface area contributed by atoms with Crippen molar-refractivity contribution in [2.45, 2.75) is 6.54 Å². The summed E-state index contributed by atoms with van der Waals surface area (Å²) in [5.74, 6) is 2.41. The Bertz CT molecular complexity index is 953. The highest BCUT2D eigenvalue weighted by Gasteiger charge is 2.22. The molecule has 150 valence electrons. The standard InChI is InChI=1S/C20H23N7O2/c1-29-17-4-6-22-18(13-17)25-9-11-26(12-10-25)20(28)24-14-16-3-2-5-23-19(16)27-8-7-21-15-27/h2-8,13,15H,9-12,14H2,1H3,(H,24,28). The van der Waals surface area contributed by atoms with Crippen molar-refractivity contribution in [1.29, 1.82) is 0 Å². The average molecular weight is 393 g/mol. The number of aromatic nitrogens is 4. The van der Waals surface area contributed by atoms with Gasteiger partial charge in [-0.15, -0.1) is 0 Å². The first-order valence-electron chi connectivity index (χ1n) is 9.44. The summed E-state index contributed by atoms with van der Waals surface area (Å²) in [6.45, 7) is 3.11. The number of carbonyl (C=O) groups is 1. The van der Waals surface area contributed by atoms with Gasteiger partial charge in [-0.3, -0.25) is 4.57 Å². The molecule has 0 aromatic carbocycles. The van der Waals surface area contributed by atoms with Gasteiger partial charge < -0.3 is 19.9 Å². The van der Waals surface area contributed by atoms with E-state index in [-0.39, 0.29) is 6.03 Å². The molecule has 0 saturated carbocycles. The van der Waals surface area contributed by atoms with E-state index in [0.717, 1.165) is 36.0 Å². The Morgan fingerprint density at radius 3 is 2.76 bits per heavy atom. The van der Waals surface area contributed by atoms with E-state index in [4.69, 9.17) is 4.74 Å². The predicted molar refractivity (Wildman–Crippen MR) is 108 cm³/mol. The van der Waals surface area contributed by atoms with Gasteiger partial charge in [-0.25, -0.2) is 19.7 Å². The van der Waals surface area contributed by atoms with E-state index >= 15 is 0 Å². The highest BCUT2D eigenvalue weighted by Crippen LogP contribution is 2.19. The lowest BCUT2D eigenvalue weighted by Gasteiger charge is -2.35. The molecule has 1 aliphatic rings. The number of pyridine rings is 2. The molecule has 0 unspecified atom stereocenters. The maximum Gasteiger partial charge on any atom is 0.317 e. The molecule has 29 heavy (non-hydrogen) atoms. The van der Waals surface area contributed by atoms with Gasteiger partial charge in [0.2, 0.25) is 0 Å². The van der Waals surface area contributed by atoms with Crippen LogP contribution in [0.4, 0.5) is 10.6 Å². The van der Waals surface area contributed by atoms with Crippen LogP contribution in [0, 0.1) is 0 Å². The molecular weight excluding hydrogens is 370 g/mol. The topological polar surface area (TPSA) is 88.4 Å². The van der Waals surface area contributed by atoms with Gasteiger partial charge in [0.1, 0.15) is 23.7 Å². The van der Waals surface area contributed by atoms with Crippen LogP contribution in [0.15, 0.2) is 55.4 Å². The van der Waals surface area contributed by atoms with Gasteiger partial charge in [0.15, 0.2) is 0 Å². The van der Waals surface area contributed by atoms with Crippen molar-refractivity contribution < 1.29 is 9.53 Å². The van der Waals surface area contributed by atoms with Gasteiger partial charge in [-0.05, 0) is 12.1 Å². The van der Waals surface area contributed by atoms with Crippen molar-refractivity contribution in [1.82, 2.24) is 29.7 Å². The van der Waals surface area contributed by atoms with Gasteiger partial charge in [0.25, 0.3) is 0 Å². The number of rotatable bonds is 5. The molecule has 0 radical (unpaired) electrons. The van der Waals surface area contributed by atoms with E-state index in [9.17, 15) is 4.79 Å². The Morgan fingerprint density at radius 2 is 2.00 bits per heavy atom. The third kappa shape index (κ3) is 4.29. The van der Waals surface area contributed by atoms with Gasteiger partial charge >= 0.3 is 6.03 Å². The van der Waals surface area contributed by atoms with Crippen molar-refractivity contribution >= 4 is 11.8 Å². The fourth-order valence-corrected chi connectivity index (χ4v) is 3.31. The smallest absolute Gasteiger partial charge is 0.317 e. The summed E-state index contributed by atoms with van der Waals surface area (Å²) in [7, 11) is 1.64. The van der Waals surface area contributed by atoms with E-state index in [0.29, 0.717) is 19.6 Å². The third-order valence-corrected chi connectivity index (χ3v) is 4.89. The maximum absolute atomic E-state index is 12.6. The molecule has 0 spiro atoms. The summed E-state index contributed by atoms with van der Waals surface area (Å²) in [4.78, 5) is 29.5. The lowest BCUT2D eigenvalue weighted by atomic mass is 10.2.